The van der Waals surface area contributed by atoms with Crippen LogP contribution in [0.1, 0.15) is 180 Å². The molecular weight excluding hydrogens is 1210 g/mol. The van der Waals surface area contributed by atoms with Gasteiger partial charge in [0.25, 0.3) is 0 Å². The molecule has 0 bridgehead atoms. The van der Waals surface area contributed by atoms with Gasteiger partial charge in [-0.25, -0.2) is 0 Å². The van der Waals surface area contributed by atoms with E-state index in [2.05, 4.69) is 306 Å². The Morgan fingerprint density at radius 3 is 0.650 bits per heavy atom. The number of fused-ring (bicyclic) bond motifs is 12. The van der Waals surface area contributed by atoms with Gasteiger partial charge in [0.05, 0.1) is 22.2 Å². The molecule has 0 saturated heterocycles. The molecule has 8 aliphatic rings. The fourth-order valence-corrected chi connectivity index (χ4v) is 23.5. The zero-order valence-electron chi connectivity index (χ0n) is 60.0. The number of benzene rings is 12. The molecule has 100 heavy (non-hydrogen) atoms. The summed E-state index contributed by atoms with van der Waals surface area (Å²) in [7, 11) is 0. The number of nitrogens with zero attached hydrogens (tertiary/aromatic N) is 4. The van der Waals surface area contributed by atoms with Gasteiger partial charge in [-0.15, -0.1) is 0 Å². The first-order valence-corrected chi connectivity index (χ1v) is 38.3. The average molecular weight is 1300 g/mol. The number of hydrogen-bond donors (Lipinski definition) is 0. The van der Waals surface area contributed by atoms with Crippen LogP contribution in [0.2, 0.25) is 0 Å². The predicted molar refractivity (Wildman–Crippen MR) is 423 cm³/mol. The molecule has 0 aromatic heterocycles. The second-order valence-corrected chi connectivity index (χ2v) is 33.9. The van der Waals surface area contributed by atoms with E-state index in [1.807, 2.05) is 0 Å². The summed E-state index contributed by atoms with van der Waals surface area (Å²) < 4.78 is 0. The Kier molecular flexibility index (Phi) is 12.9. The maximum Gasteiger partial charge on any atom is 0.0517 e. The van der Waals surface area contributed by atoms with E-state index < -0.39 is 0 Å². The number of rotatable bonds is 8. The molecule has 12 aromatic rings. The Hall–Kier alpha value is -9.12. The quantitative estimate of drug-likeness (QED) is 0.141. The molecular formula is C96H94N4. The normalized spacial score (nSPS) is 28.6. The smallest absolute Gasteiger partial charge is 0.0517 e. The summed E-state index contributed by atoms with van der Waals surface area (Å²) >= 11 is 0. The van der Waals surface area contributed by atoms with Gasteiger partial charge in [-0.05, 0) is 287 Å². The number of hydrogen-bond acceptors (Lipinski definition) is 4. The van der Waals surface area contributed by atoms with E-state index in [9.17, 15) is 0 Å². The summed E-state index contributed by atoms with van der Waals surface area (Å²) in [5.41, 5.74) is 26.7. The molecule has 0 amide bonds. The highest BCUT2D eigenvalue weighted by Crippen LogP contribution is 2.67. The Bertz CT molecular complexity index is 4680. The van der Waals surface area contributed by atoms with E-state index in [4.69, 9.17) is 0 Å². The minimum atomic E-state index is -0.0647. The highest BCUT2D eigenvalue weighted by atomic mass is 15.3. The Morgan fingerprint density at radius 1 is 0.220 bits per heavy atom. The Balaban J connectivity index is 0.874. The van der Waals surface area contributed by atoms with Crippen molar-refractivity contribution in [3.05, 3.63) is 253 Å². The van der Waals surface area contributed by atoms with Crippen molar-refractivity contribution in [2.75, 3.05) is 19.6 Å². The molecule has 4 heterocycles. The van der Waals surface area contributed by atoms with E-state index >= 15 is 0 Å². The lowest BCUT2D eigenvalue weighted by molar-refractivity contribution is 0.195. The van der Waals surface area contributed by atoms with Crippen LogP contribution in [0, 0.1) is 0 Å². The van der Waals surface area contributed by atoms with E-state index in [-0.39, 0.29) is 43.8 Å². The van der Waals surface area contributed by atoms with Gasteiger partial charge >= 0.3 is 0 Å². The third-order valence-electron chi connectivity index (χ3n) is 29.6. The van der Waals surface area contributed by atoms with Crippen LogP contribution in [0.15, 0.2) is 231 Å². The standard InChI is InChI=1S/C96H94N4/c1-89-49-21-25-53-93(89,5)97(67-29-13-9-14-30-67)83-45-37-63(57-79(83)89)75-61-76(64-38-46-84-80(58-64)90(2)50-22-26-54-94(90,6)98(84)68-31-15-10-16-32-68)72-43-44-74-78(66-40-48-86-82(60-66)92(4)52-24-28-56-96(92,8)100(86)70-35-19-12-20-36-70)62-77(73-42-41-71(75)87(72)88(73)74)65-39-47-85-81(59-65)91(3)51-23-27-55-95(91,7)99(85)69-33-17-11-18-34-69/h9-20,29-48,57-62H,21-28,49-56H2,1-8H3. The molecule has 0 spiro atoms. The highest BCUT2D eigenvalue weighted by molar-refractivity contribution is 6.32. The monoisotopic (exact) mass is 1300 g/mol. The Morgan fingerprint density at radius 2 is 0.430 bits per heavy atom. The molecule has 20 rings (SSSR count). The molecule has 4 saturated carbocycles. The van der Waals surface area contributed by atoms with Crippen LogP contribution >= 0.6 is 0 Å². The second-order valence-electron chi connectivity index (χ2n) is 33.9. The van der Waals surface area contributed by atoms with Gasteiger partial charge < -0.3 is 19.6 Å². The molecule has 498 valence electrons. The van der Waals surface area contributed by atoms with Crippen LogP contribution in [0.4, 0.5) is 45.5 Å². The van der Waals surface area contributed by atoms with E-state index in [1.54, 1.807) is 0 Å². The number of para-hydroxylation sites is 4. The van der Waals surface area contributed by atoms with Crippen molar-refractivity contribution in [2.45, 2.75) is 202 Å². The summed E-state index contributed by atoms with van der Waals surface area (Å²) in [6.07, 6.45) is 19.3. The van der Waals surface area contributed by atoms with Crippen molar-refractivity contribution in [1.29, 1.82) is 0 Å². The maximum atomic E-state index is 2.74. The Labute approximate surface area is 593 Å². The summed E-state index contributed by atoms with van der Waals surface area (Å²) in [6, 6.07) is 91.6. The van der Waals surface area contributed by atoms with Crippen LogP contribution in [0.3, 0.4) is 0 Å². The summed E-state index contributed by atoms with van der Waals surface area (Å²) in [5, 5.41) is 8.05. The van der Waals surface area contributed by atoms with Gasteiger partial charge in [0.15, 0.2) is 0 Å². The molecule has 8 unspecified atom stereocenters. The van der Waals surface area contributed by atoms with Crippen LogP contribution in [-0.4, -0.2) is 22.2 Å². The van der Waals surface area contributed by atoms with Gasteiger partial charge in [0.2, 0.25) is 0 Å². The van der Waals surface area contributed by atoms with Crippen LogP contribution in [-0.2, 0) is 21.7 Å². The van der Waals surface area contributed by atoms with E-state index in [0.717, 1.165) is 25.7 Å². The fourth-order valence-electron chi connectivity index (χ4n) is 23.5. The second kappa shape index (κ2) is 21.2. The van der Waals surface area contributed by atoms with Gasteiger partial charge in [-0.2, -0.15) is 0 Å². The van der Waals surface area contributed by atoms with Crippen molar-refractivity contribution < 1.29 is 0 Å². The lowest BCUT2D eigenvalue weighted by Crippen LogP contribution is -2.54. The summed E-state index contributed by atoms with van der Waals surface area (Å²) in [4.78, 5) is 11.0. The van der Waals surface area contributed by atoms with Crippen LogP contribution in [0.25, 0.3) is 76.8 Å². The largest absolute Gasteiger partial charge is 0.334 e. The SMILES string of the molecule is CC12CCCCC1(C)N(c1ccccc1)c1ccc(-c3cc(-c4ccc5c(c4)C4(C)CCCCC4(C)N5c4ccccc4)c4ccc5c(-c6ccc7c(c6)C6(C)CCCCC6(C)N7c6ccccc6)cc(-c6ccc7c(c6)C6(C)CCCCC6(C)N7c6ccccc6)c6ccc3c4c65)cc12. The molecule has 12 aromatic carbocycles. The third-order valence-corrected chi connectivity index (χ3v) is 29.6. The van der Waals surface area contributed by atoms with Crippen molar-refractivity contribution in [3.63, 3.8) is 0 Å². The van der Waals surface area contributed by atoms with Gasteiger partial charge in [-0.1, -0.05) is 200 Å². The molecule has 0 radical (unpaired) electrons. The minimum Gasteiger partial charge on any atom is -0.334 e. The molecule has 4 fully saturated rings. The summed E-state index contributed by atoms with van der Waals surface area (Å²) in [5.74, 6) is 0. The summed E-state index contributed by atoms with van der Waals surface area (Å²) in [6.45, 7) is 20.8. The average Bonchev–Trinajstić information content (AvgIpc) is 1.53. The zero-order valence-corrected chi connectivity index (χ0v) is 60.0. The molecule has 4 aliphatic heterocycles. The molecule has 0 N–H and O–H groups in total. The lowest BCUT2D eigenvalue weighted by atomic mass is 9.61. The maximum absolute atomic E-state index is 2.74. The molecule has 4 heteroatoms. The van der Waals surface area contributed by atoms with Gasteiger partial charge in [0, 0.05) is 67.2 Å². The fraction of sp³-hybridized carbons (Fsp3) is 0.333. The van der Waals surface area contributed by atoms with Gasteiger partial charge in [0.1, 0.15) is 0 Å². The molecule has 4 nitrogen and oxygen atoms in total. The molecule has 4 aliphatic carbocycles. The van der Waals surface area contributed by atoms with Crippen LogP contribution < -0.4 is 19.6 Å². The third kappa shape index (κ3) is 7.79. The predicted octanol–water partition coefficient (Wildman–Crippen LogP) is 26.2. The van der Waals surface area contributed by atoms with E-state index in [1.165, 1.54) is 222 Å². The van der Waals surface area contributed by atoms with Crippen molar-refractivity contribution in [2.24, 2.45) is 0 Å². The lowest BCUT2D eigenvalue weighted by Gasteiger charge is -2.50. The van der Waals surface area contributed by atoms with E-state index in [0.29, 0.717) is 0 Å². The van der Waals surface area contributed by atoms with Crippen molar-refractivity contribution in [1.82, 2.24) is 0 Å². The number of anilines is 8. The van der Waals surface area contributed by atoms with Gasteiger partial charge in [-0.3, -0.25) is 0 Å². The zero-order chi connectivity index (χ0) is 67.5. The first-order chi connectivity index (χ1) is 48.5. The first kappa shape index (κ1) is 60.8. The highest BCUT2D eigenvalue weighted by Gasteiger charge is 2.62. The topological polar surface area (TPSA) is 13.0 Å². The molecule has 8 atom stereocenters. The minimum absolute atomic E-state index is 0.0458. The van der Waals surface area contributed by atoms with Crippen molar-refractivity contribution in [3.8, 4) is 44.5 Å². The van der Waals surface area contributed by atoms with Crippen molar-refractivity contribution >= 4 is 77.8 Å². The van der Waals surface area contributed by atoms with Crippen LogP contribution in [0.5, 0.6) is 0 Å². The first-order valence-electron chi connectivity index (χ1n) is 38.3.